The van der Waals surface area contributed by atoms with Crippen LogP contribution in [0.4, 0.5) is 34.1 Å². The molecular formula is C59H51BN2O2S. The van der Waals surface area contributed by atoms with Crippen LogP contribution in [0.3, 0.4) is 0 Å². The zero-order chi connectivity index (χ0) is 44.7. The molecule has 65 heavy (non-hydrogen) atoms. The van der Waals surface area contributed by atoms with Crippen LogP contribution in [0, 0.1) is 20.8 Å². The minimum Gasteiger partial charge on any atom is -0.464 e. The summed E-state index contributed by atoms with van der Waals surface area (Å²) in [6, 6.07) is 49.8. The van der Waals surface area contributed by atoms with Gasteiger partial charge >= 0.3 is 0 Å². The number of hydrogen-bond acceptors (Lipinski definition) is 5. The SMILES string of the molecule is Cc1cc2c3c(c1)N(c1c(C)cc(C(C)(C)C)cc1C)c1c(sc4ccc(C(C)(C)C)cc14)B3c1ccc(-c3coc4ccccc34)cc1N2c1cccc(-c2coc3ccccc23)c1. The second-order valence-electron chi connectivity index (χ2n) is 20.4. The molecule has 0 atom stereocenters. The highest BCUT2D eigenvalue weighted by Crippen LogP contribution is 2.51. The molecule has 0 bridgehead atoms. The minimum absolute atomic E-state index is 0.000749. The number of furan rings is 2. The number of nitrogens with zero attached hydrogens (tertiary/aromatic N) is 2. The van der Waals surface area contributed by atoms with E-state index < -0.39 is 0 Å². The number of benzene rings is 7. The Kier molecular flexibility index (Phi) is 8.65. The standard InChI is InChI=1S/C59H51BN2O2S/c1-34-25-49-54-50(26-34)62(55-35(2)27-40(28-36(55)3)59(7,8)9)56-44-31-39(58(4,5)6)22-24-53(44)65-57(56)60(54)47-23-21-38(46-33-64-52-20-13-11-18-43(46)52)30-48(47)61(49)41-16-14-15-37(29-41)45-32-63-51-19-12-10-17-42(45)51/h10-33H,1-9H3. The smallest absolute Gasteiger partial charge is 0.264 e. The molecule has 0 amide bonds. The molecule has 6 heteroatoms. The van der Waals surface area contributed by atoms with Gasteiger partial charge in [0.2, 0.25) is 0 Å². The summed E-state index contributed by atoms with van der Waals surface area (Å²) >= 11 is 1.96. The van der Waals surface area contributed by atoms with Crippen molar-refractivity contribution >= 4 is 99.9 Å². The zero-order valence-corrected chi connectivity index (χ0v) is 39.4. The summed E-state index contributed by atoms with van der Waals surface area (Å²) in [4.78, 5) is 5.19. The van der Waals surface area contributed by atoms with E-state index in [1.165, 1.54) is 82.0 Å². The Morgan fingerprint density at radius 2 is 1.12 bits per heavy atom. The van der Waals surface area contributed by atoms with Crippen LogP contribution in [0.5, 0.6) is 0 Å². The Morgan fingerprint density at radius 1 is 0.508 bits per heavy atom. The maximum Gasteiger partial charge on any atom is 0.264 e. The van der Waals surface area contributed by atoms with Gasteiger partial charge in [-0.3, -0.25) is 0 Å². The van der Waals surface area contributed by atoms with Gasteiger partial charge in [0.15, 0.2) is 0 Å². The molecule has 0 unspecified atom stereocenters. The van der Waals surface area contributed by atoms with Gasteiger partial charge in [-0.25, -0.2) is 0 Å². The van der Waals surface area contributed by atoms with Gasteiger partial charge in [0, 0.05) is 59.5 Å². The van der Waals surface area contributed by atoms with Crippen molar-refractivity contribution in [3.63, 3.8) is 0 Å². The fourth-order valence-corrected chi connectivity index (χ4v) is 12.0. The van der Waals surface area contributed by atoms with E-state index in [1.54, 1.807) is 0 Å². The Balaban J connectivity index is 1.17. The molecule has 12 rings (SSSR count). The number of thiophene rings is 1. The number of anilines is 6. The number of fused-ring (bicyclic) bond motifs is 8. The highest BCUT2D eigenvalue weighted by atomic mass is 32.1. The predicted molar refractivity (Wildman–Crippen MR) is 278 cm³/mol. The second-order valence-corrected chi connectivity index (χ2v) is 21.5. The Bertz CT molecular complexity index is 3570. The lowest BCUT2D eigenvalue weighted by atomic mass is 9.36. The van der Waals surface area contributed by atoms with E-state index in [2.05, 4.69) is 187 Å². The molecule has 0 radical (unpaired) electrons. The third-order valence-corrected chi connectivity index (χ3v) is 15.2. The Labute approximate surface area is 385 Å². The summed E-state index contributed by atoms with van der Waals surface area (Å²) in [6.45, 7) is 20.8. The fraction of sp³-hybridized carbons (Fsp3) is 0.186. The zero-order valence-electron chi connectivity index (χ0n) is 38.6. The molecule has 3 aromatic heterocycles. The van der Waals surface area contributed by atoms with Crippen LogP contribution in [0.2, 0.25) is 0 Å². The van der Waals surface area contributed by atoms with Crippen LogP contribution in [-0.4, -0.2) is 6.71 Å². The highest BCUT2D eigenvalue weighted by Gasteiger charge is 2.46. The molecule has 7 aromatic carbocycles. The van der Waals surface area contributed by atoms with Crippen molar-refractivity contribution in [2.24, 2.45) is 0 Å². The lowest BCUT2D eigenvalue weighted by molar-refractivity contribution is 0.589. The first kappa shape index (κ1) is 39.8. The van der Waals surface area contributed by atoms with E-state index in [9.17, 15) is 0 Å². The number of rotatable bonds is 4. The highest BCUT2D eigenvalue weighted by molar-refractivity contribution is 7.33. The molecule has 0 spiro atoms. The van der Waals surface area contributed by atoms with Crippen molar-refractivity contribution in [3.8, 4) is 22.3 Å². The summed E-state index contributed by atoms with van der Waals surface area (Å²) in [5.41, 5.74) is 22.6. The lowest BCUT2D eigenvalue weighted by Crippen LogP contribution is -2.60. The van der Waals surface area contributed by atoms with E-state index in [-0.39, 0.29) is 17.5 Å². The topological polar surface area (TPSA) is 32.8 Å². The summed E-state index contributed by atoms with van der Waals surface area (Å²) in [5.74, 6) is 0. The van der Waals surface area contributed by atoms with Crippen LogP contribution in [-0.2, 0) is 10.8 Å². The molecule has 0 N–H and O–H groups in total. The molecule has 318 valence electrons. The minimum atomic E-state index is -0.00670. The predicted octanol–water partition coefficient (Wildman–Crippen LogP) is 15.3. The van der Waals surface area contributed by atoms with Crippen LogP contribution in [0.15, 0.2) is 155 Å². The molecule has 5 heterocycles. The number of hydrogen-bond donors (Lipinski definition) is 0. The summed E-state index contributed by atoms with van der Waals surface area (Å²) in [7, 11) is 0. The maximum absolute atomic E-state index is 6.18. The maximum atomic E-state index is 6.18. The third kappa shape index (κ3) is 6.10. The van der Waals surface area contributed by atoms with Crippen LogP contribution in [0.25, 0.3) is 54.3 Å². The average Bonchev–Trinajstić information content (AvgIpc) is 4.01. The van der Waals surface area contributed by atoms with Crippen molar-refractivity contribution in [1.29, 1.82) is 0 Å². The molecule has 2 aliphatic heterocycles. The van der Waals surface area contributed by atoms with Gasteiger partial charge in [0.1, 0.15) is 11.2 Å². The normalized spacial score (nSPS) is 13.5. The van der Waals surface area contributed by atoms with E-state index in [1.807, 2.05) is 42.1 Å². The lowest BCUT2D eigenvalue weighted by Gasteiger charge is -2.44. The van der Waals surface area contributed by atoms with Gasteiger partial charge in [0.25, 0.3) is 6.71 Å². The van der Waals surface area contributed by atoms with Crippen molar-refractivity contribution in [2.45, 2.75) is 73.1 Å². The molecule has 4 nitrogen and oxygen atoms in total. The fourth-order valence-electron chi connectivity index (χ4n) is 10.7. The van der Waals surface area contributed by atoms with Crippen molar-refractivity contribution < 1.29 is 8.83 Å². The van der Waals surface area contributed by atoms with Crippen LogP contribution in [0.1, 0.15) is 69.4 Å². The molecule has 0 fully saturated rings. The van der Waals surface area contributed by atoms with Gasteiger partial charge in [-0.2, -0.15) is 0 Å². The van der Waals surface area contributed by atoms with Gasteiger partial charge in [-0.15, -0.1) is 11.3 Å². The largest absolute Gasteiger partial charge is 0.464 e. The summed E-state index contributed by atoms with van der Waals surface area (Å²) < 4.78 is 15.0. The summed E-state index contributed by atoms with van der Waals surface area (Å²) in [6.07, 6.45) is 3.83. The van der Waals surface area contributed by atoms with Gasteiger partial charge < -0.3 is 18.6 Å². The quantitative estimate of drug-likeness (QED) is 0.165. The molecule has 2 aliphatic rings. The van der Waals surface area contributed by atoms with E-state index in [4.69, 9.17) is 8.83 Å². The van der Waals surface area contributed by atoms with E-state index in [0.29, 0.717) is 0 Å². The second kappa shape index (κ2) is 14.1. The first-order valence-corrected chi connectivity index (χ1v) is 23.7. The number of para-hydroxylation sites is 2. The Hall–Kier alpha value is -6.76. The van der Waals surface area contributed by atoms with Crippen molar-refractivity contribution in [3.05, 3.63) is 174 Å². The van der Waals surface area contributed by atoms with Gasteiger partial charge in [-0.1, -0.05) is 120 Å². The molecule has 0 saturated heterocycles. The van der Waals surface area contributed by atoms with Gasteiger partial charge in [0.05, 0.1) is 23.9 Å². The van der Waals surface area contributed by atoms with E-state index in [0.717, 1.165) is 49.9 Å². The number of aryl methyl sites for hydroxylation is 3. The molecule has 0 aliphatic carbocycles. The first-order valence-electron chi connectivity index (χ1n) is 22.8. The molecule has 0 saturated carbocycles. The average molecular weight is 863 g/mol. The Morgan fingerprint density at radius 3 is 1.77 bits per heavy atom. The first-order chi connectivity index (χ1) is 31.2. The monoisotopic (exact) mass is 862 g/mol. The van der Waals surface area contributed by atoms with Gasteiger partial charge in [-0.05, 0) is 136 Å². The molecular weight excluding hydrogens is 812 g/mol. The summed E-state index contributed by atoms with van der Waals surface area (Å²) in [5, 5.41) is 3.53. The van der Waals surface area contributed by atoms with Crippen LogP contribution < -0.4 is 25.5 Å². The van der Waals surface area contributed by atoms with Crippen molar-refractivity contribution in [1.82, 2.24) is 0 Å². The third-order valence-electron chi connectivity index (χ3n) is 13.9. The van der Waals surface area contributed by atoms with Crippen molar-refractivity contribution in [2.75, 3.05) is 9.80 Å². The molecule has 10 aromatic rings. The van der Waals surface area contributed by atoms with Crippen LogP contribution >= 0.6 is 11.3 Å². The van der Waals surface area contributed by atoms with E-state index >= 15 is 0 Å².